The van der Waals surface area contributed by atoms with E-state index in [1.165, 1.54) is 4.90 Å². The Hall–Kier alpha value is -3.47. The Labute approximate surface area is 205 Å². The van der Waals surface area contributed by atoms with Gasteiger partial charge in [-0.2, -0.15) is 31.4 Å². The summed E-state index contributed by atoms with van der Waals surface area (Å²) in [5.74, 6) is -0.144. The number of amides is 1. The summed E-state index contributed by atoms with van der Waals surface area (Å²) >= 11 is 0. The van der Waals surface area contributed by atoms with E-state index in [4.69, 9.17) is 4.74 Å². The normalized spacial score (nSPS) is 15.5. The van der Waals surface area contributed by atoms with Crippen molar-refractivity contribution in [1.82, 2.24) is 25.1 Å². The molecule has 3 N–H and O–H groups in total. The monoisotopic (exact) mass is 539 g/mol. The molecule has 17 heteroatoms. The summed E-state index contributed by atoms with van der Waals surface area (Å²) in [4.78, 5) is 34.6. The molecular weight excluding hydrogens is 516 g/mol. The van der Waals surface area contributed by atoms with Crippen LogP contribution in [-0.4, -0.2) is 88.1 Å². The van der Waals surface area contributed by atoms with E-state index in [0.29, 0.717) is 25.5 Å². The number of piperazine rings is 1. The van der Waals surface area contributed by atoms with Crippen LogP contribution in [0.5, 0.6) is 0 Å². The van der Waals surface area contributed by atoms with Crippen molar-refractivity contribution in [3.8, 4) is 0 Å². The second-order valence-electron chi connectivity index (χ2n) is 7.97. The van der Waals surface area contributed by atoms with Crippen molar-refractivity contribution >= 4 is 17.5 Å². The number of hydrogen-bond donors (Lipinski definition) is 3. The zero-order valence-corrected chi connectivity index (χ0v) is 19.1. The number of alkyl halides is 6. The highest BCUT2D eigenvalue weighted by Gasteiger charge is 2.38. The van der Waals surface area contributed by atoms with E-state index in [1.54, 1.807) is 10.00 Å². The average molecular weight is 539 g/mol. The van der Waals surface area contributed by atoms with Crippen LogP contribution in [0.2, 0.25) is 0 Å². The van der Waals surface area contributed by atoms with Crippen molar-refractivity contribution in [2.75, 3.05) is 56.2 Å². The standard InChI is InChI=1S/C20H23F6N7O4/c21-19(22,23)12-7-27-18(28-8-12)33-4-2-32(3-5-33)15(35)1-6-37-11-13(10-34)30-14-9-29-31-17(36)16(14)20(24,25)26/h7-9,13,34H,1-6,10-11H2,(H2,30,31,36). The molecule has 11 nitrogen and oxygen atoms in total. The van der Waals surface area contributed by atoms with Crippen LogP contribution in [-0.2, 0) is 21.9 Å². The average Bonchev–Trinajstić information content (AvgIpc) is 2.84. The van der Waals surface area contributed by atoms with Crippen molar-refractivity contribution in [2.24, 2.45) is 0 Å². The molecule has 2 aromatic heterocycles. The van der Waals surface area contributed by atoms with Gasteiger partial charge in [-0.15, -0.1) is 0 Å². The number of hydrogen-bond acceptors (Lipinski definition) is 9. The fourth-order valence-corrected chi connectivity index (χ4v) is 3.48. The number of nitrogens with zero attached hydrogens (tertiary/aromatic N) is 5. The lowest BCUT2D eigenvalue weighted by Crippen LogP contribution is -2.49. The highest BCUT2D eigenvalue weighted by molar-refractivity contribution is 5.76. The zero-order chi connectivity index (χ0) is 27.2. The molecule has 0 saturated carbocycles. The largest absolute Gasteiger partial charge is 0.423 e. The first-order valence-corrected chi connectivity index (χ1v) is 10.9. The Morgan fingerprint density at radius 1 is 1.08 bits per heavy atom. The molecule has 1 fully saturated rings. The van der Waals surface area contributed by atoms with E-state index in [9.17, 15) is 41.0 Å². The SMILES string of the molecule is O=C(CCOCC(CO)Nc1cn[nH]c(=O)c1C(F)(F)F)N1CCN(c2ncc(C(F)(F)F)cn2)CC1. The number of nitrogens with one attached hydrogen (secondary N) is 2. The van der Waals surface area contributed by atoms with Gasteiger partial charge in [0.25, 0.3) is 5.56 Å². The van der Waals surface area contributed by atoms with Crippen LogP contribution in [0, 0.1) is 0 Å². The fourth-order valence-electron chi connectivity index (χ4n) is 3.48. The van der Waals surface area contributed by atoms with Crippen molar-refractivity contribution < 1.29 is 41.0 Å². The van der Waals surface area contributed by atoms with Gasteiger partial charge in [0.2, 0.25) is 11.9 Å². The van der Waals surface area contributed by atoms with E-state index >= 15 is 0 Å². The van der Waals surface area contributed by atoms with Crippen LogP contribution in [0.25, 0.3) is 0 Å². The molecule has 1 aliphatic rings. The zero-order valence-electron chi connectivity index (χ0n) is 19.1. The third-order valence-corrected chi connectivity index (χ3v) is 5.38. The molecule has 0 aliphatic carbocycles. The van der Waals surface area contributed by atoms with Gasteiger partial charge in [-0.1, -0.05) is 0 Å². The van der Waals surface area contributed by atoms with Gasteiger partial charge in [-0.05, 0) is 0 Å². The van der Waals surface area contributed by atoms with Crippen LogP contribution in [0.3, 0.4) is 0 Å². The van der Waals surface area contributed by atoms with Gasteiger partial charge in [0.15, 0.2) is 0 Å². The first-order valence-electron chi connectivity index (χ1n) is 10.9. The van der Waals surface area contributed by atoms with Crippen LogP contribution >= 0.6 is 0 Å². The van der Waals surface area contributed by atoms with Crippen molar-refractivity contribution in [3.63, 3.8) is 0 Å². The van der Waals surface area contributed by atoms with E-state index in [1.807, 2.05) is 0 Å². The number of aromatic nitrogens is 4. The number of carbonyl (C=O) groups is 1. The summed E-state index contributed by atoms with van der Waals surface area (Å²) in [5, 5.41) is 16.9. The summed E-state index contributed by atoms with van der Waals surface area (Å²) in [6.45, 7) is 0.206. The van der Waals surface area contributed by atoms with Gasteiger partial charge >= 0.3 is 12.4 Å². The first kappa shape index (κ1) is 28.1. The second kappa shape index (κ2) is 11.7. The van der Waals surface area contributed by atoms with Crippen LogP contribution in [0.1, 0.15) is 17.5 Å². The Balaban J connectivity index is 1.43. The van der Waals surface area contributed by atoms with Crippen molar-refractivity contribution in [2.45, 2.75) is 24.8 Å². The lowest BCUT2D eigenvalue weighted by molar-refractivity contribution is -0.139. The Bertz CT molecular complexity index is 1100. The van der Waals surface area contributed by atoms with Gasteiger partial charge < -0.3 is 25.0 Å². The Morgan fingerprint density at radius 2 is 1.73 bits per heavy atom. The number of rotatable bonds is 9. The van der Waals surface area contributed by atoms with Crippen molar-refractivity contribution in [3.05, 3.63) is 40.1 Å². The predicted molar refractivity (Wildman–Crippen MR) is 116 cm³/mol. The summed E-state index contributed by atoms with van der Waals surface area (Å²) in [5.41, 5.74) is -4.51. The molecule has 1 atom stereocenters. The van der Waals surface area contributed by atoms with E-state index in [0.717, 1.165) is 6.20 Å². The molecule has 1 aliphatic heterocycles. The highest BCUT2D eigenvalue weighted by Crippen LogP contribution is 2.31. The quantitative estimate of drug-likeness (QED) is 0.316. The number of H-pyrrole nitrogens is 1. The molecule has 204 valence electrons. The van der Waals surface area contributed by atoms with E-state index < -0.39 is 47.4 Å². The number of carbonyl (C=O) groups excluding carboxylic acids is 1. The van der Waals surface area contributed by atoms with Gasteiger partial charge in [0.05, 0.1) is 49.7 Å². The third-order valence-electron chi connectivity index (χ3n) is 5.38. The summed E-state index contributed by atoms with van der Waals surface area (Å²) in [6, 6.07) is -1.01. The first-order chi connectivity index (χ1) is 17.4. The smallest absolute Gasteiger partial charge is 0.394 e. The van der Waals surface area contributed by atoms with Gasteiger partial charge in [-0.3, -0.25) is 9.59 Å². The molecule has 37 heavy (non-hydrogen) atoms. The third kappa shape index (κ3) is 7.51. The molecule has 1 unspecified atom stereocenters. The lowest BCUT2D eigenvalue weighted by Gasteiger charge is -2.34. The second-order valence-corrected chi connectivity index (χ2v) is 7.97. The minimum Gasteiger partial charge on any atom is -0.394 e. The molecule has 0 spiro atoms. The maximum Gasteiger partial charge on any atom is 0.423 e. The summed E-state index contributed by atoms with van der Waals surface area (Å²) in [7, 11) is 0. The van der Waals surface area contributed by atoms with E-state index in [2.05, 4.69) is 20.4 Å². The highest BCUT2D eigenvalue weighted by atomic mass is 19.4. The molecular formula is C20H23F6N7O4. The van der Waals surface area contributed by atoms with Crippen LogP contribution in [0.15, 0.2) is 23.4 Å². The minimum atomic E-state index is -4.95. The number of aliphatic hydroxyl groups excluding tert-OH is 1. The maximum absolute atomic E-state index is 13.1. The fraction of sp³-hybridized carbons (Fsp3) is 0.550. The number of aromatic amines is 1. The maximum atomic E-state index is 13.1. The molecule has 1 amide bonds. The number of halogens is 6. The molecule has 3 heterocycles. The van der Waals surface area contributed by atoms with Gasteiger partial charge in [0.1, 0.15) is 5.56 Å². The minimum absolute atomic E-state index is 0.0463. The number of anilines is 2. The summed E-state index contributed by atoms with van der Waals surface area (Å²) in [6.07, 6.45) is -7.37. The van der Waals surface area contributed by atoms with E-state index in [-0.39, 0.29) is 44.6 Å². The molecule has 2 aromatic rings. The summed E-state index contributed by atoms with van der Waals surface area (Å²) < 4.78 is 82.7. The van der Waals surface area contributed by atoms with Crippen LogP contribution < -0.4 is 15.8 Å². The number of ether oxygens (including phenoxy) is 1. The topological polar surface area (TPSA) is 137 Å². The predicted octanol–water partition coefficient (Wildman–Crippen LogP) is 1.13. The Morgan fingerprint density at radius 3 is 2.30 bits per heavy atom. The molecule has 0 bridgehead atoms. The molecule has 0 aromatic carbocycles. The Kier molecular flexibility index (Phi) is 8.90. The van der Waals surface area contributed by atoms with Gasteiger partial charge in [-0.25, -0.2) is 15.1 Å². The molecule has 0 radical (unpaired) electrons. The number of aliphatic hydroxyl groups is 1. The van der Waals surface area contributed by atoms with Crippen molar-refractivity contribution in [1.29, 1.82) is 0 Å². The molecule has 3 rings (SSSR count). The van der Waals surface area contributed by atoms with Gasteiger partial charge in [0, 0.05) is 38.6 Å². The lowest BCUT2D eigenvalue weighted by atomic mass is 10.2. The molecule has 1 saturated heterocycles. The van der Waals surface area contributed by atoms with Crippen LogP contribution in [0.4, 0.5) is 38.0 Å².